The minimum absolute atomic E-state index is 0.198. The van der Waals surface area contributed by atoms with Crippen molar-refractivity contribution in [3.63, 3.8) is 0 Å². The number of aliphatic hydroxyl groups is 1. The maximum Gasteiger partial charge on any atom is 0.397 e. The number of nitrogens with two attached hydrogens (primary N) is 1. The van der Waals surface area contributed by atoms with Gasteiger partial charge in [0.1, 0.15) is 5.72 Å². The predicted octanol–water partition coefficient (Wildman–Crippen LogP) is 6.38. The molecular formula is C23H51NO5S. The zero-order valence-electron chi connectivity index (χ0n) is 20.2. The first-order valence-electron chi connectivity index (χ1n) is 12.1. The fourth-order valence-electron chi connectivity index (χ4n) is 3.29. The molecule has 0 saturated carbocycles. The van der Waals surface area contributed by atoms with E-state index in [1.807, 2.05) is 6.92 Å². The molecule has 0 saturated heterocycles. The molecule has 0 spiro atoms. The van der Waals surface area contributed by atoms with Gasteiger partial charge in [-0.15, -0.1) is 0 Å². The molecule has 7 heteroatoms. The molecule has 0 aliphatic heterocycles. The van der Waals surface area contributed by atoms with E-state index in [4.69, 9.17) is 10.3 Å². The number of hydrogen-bond donors (Lipinski definition) is 3. The Labute approximate surface area is 187 Å². The first-order chi connectivity index (χ1) is 14.0. The summed E-state index contributed by atoms with van der Waals surface area (Å²) in [5, 5.41) is 9.69. The van der Waals surface area contributed by atoms with E-state index >= 15 is 0 Å². The molecule has 0 bridgehead atoms. The molecule has 2 unspecified atom stereocenters. The molecule has 0 aliphatic rings. The molecule has 6 nitrogen and oxygen atoms in total. The molecule has 2 atom stereocenters. The van der Waals surface area contributed by atoms with Gasteiger partial charge in [-0.05, 0) is 19.3 Å². The van der Waals surface area contributed by atoms with E-state index in [1.165, 1.54) is 103 Å². The molecule has 0 aromatic heterocycles. The molecule has 0 aromatic rings. The van der Waals surface area contributed by atoms with E-state index < -0.39 is 16.1 Å². The van der Waals surface area contributed by atoms with Crippen LogP contribution in [0.5, 0.6) is 0 Å². The van der Waals surface area contributed by atoms with Crippen molar-refractivity contribution in [2.75, 3.05) is 7.11 Å². The molecule has 184 valence electrons. The third kappa shape index (κ3) is 27.8. The van der Waals surface area contributed by atoms with E-state index in [-0.39, 0.29) is 5.92 Å². The summed E-state index contributed by atoms with van der Waals surface area (Å²) in [6, 6.07) is 0. The highest BCUT2D eigenvalue weighted by atomic mass is 32.3. The summed E-state index contributed by atoms with van der Waals surface area (Å²) < 4.78 is 29.7. The molecule has 0 aromatic carbocycles. The summed E-state index contributed by atoms with van der Waals surface area (Å²) in [4.78, 5) is 0. The van der Waals surface area contributed by atoms with Gasteiger partial charge >= 0.3 is 10.4 Å². The van der Waals surface area contributed by atoms with Crippen LogP contribution in [0.4, 0.5) is 0 Å². The lowest BCUT2D eigenvalue weighted by Crippen LogP contribution is -2.42. The van der Waals surface area contributed by atoms with Gasteiger partial charge in [0.2, 0.25) is 0 Å². The fourth-order valence-corrected chi connectivity index (χ4v) is 3.29. The van der Waals surface area contributed by atoms with E-state index in [0.717, 1.165) is 13.5 Å². The van der Waals surface area contributed by atoms with Gasteiger partial charge < -0.3 is 10.8 Å². The third-order valence-corrected chi connectivity index (χ3v) is 6.12. The maximum atomic E-state index is 9.69. The minimum atomic E-state index is -4.16. The first-order valence-corrected chi connectivity index (χ1v) is 13.4. The molecule has 0 heterocycles. The highest BCUT2D eigenvalue weighted by molar-refractivity contribution is 7.80. The van der Waals surface area contributed by atoms with Crippen molar-refractivity contribution < 1.29 is 22.3 Å². The van der Waals surface area contributed by atoms with Gasteiger partial charge in [-0.2, -0.15) is 8.42 Å². The molecular weight excluding hydrogens is 402 g/mol. The Kier molecular flexibility index (Phi) is 22.0. The van der Waals surface area contributed by atoms with Gasteiger partial charge in [0.15, 0.2) is 0 Å². The average Bonchev–Trinajstić information content (AvgIpc) is 2.66. The zero-order chi connectivity index (χ0) is 23.3. The molecule has 30 heavy (non-hydrogen) atoms. The molecule has 0 rings (SSSR count). The van der Waals surface area contributed by atoms with Crippen molar-refractivity contribution in [1.29, 1.82) is 0 Å². The van der Waals surface area contributed by atoms with Crippen molar-refractivity contribution >= 4 is 10.4 Å². The van der Waals surface area contributed by atoms with Crippen molar-refractivity contribution in [1.82, 2.24) is 0 Å². The van der Waals surface area contributed by atoms with Gasteiger partial charge in [-0.1, -0.05) is 117 Å². The van der Waals surface area contributed by atoms with E-state index in [1.54, 1.807) is 6.92 Å². The van der Waals surface area contributed by atoms with Crippen LogP contribution >= 0.6 is 0 Å². The van der Waals surface area contributed by atoms with Crippen LogP contribution < -0.4 is 5.73 Å². The quantitative estimate of drug-likeness (QED) is 0.119. The Morgan fingerprint density at radius 1 is 0.800 bits per heavy atom. The van der Waals surface area contributed by atoms with Gasteiger partial charge in [0.05, 0.1) is 7.11 Å². The summed E-state index contributed by atoms with van der Waals surface area (Å²) in [7, 11) is -3.29. The van der Waals surface area contributed by atoms with E-state index in [2.05, 4.69) is 11.1 Å². The largest absolute Gasteiger partial charge is 0.397 e. The topological polar surface area (TPSA) is 110 Å². The van der Waals surface area contributed by atoms with Crippen LogP contribution in [0, 0.1) is 5.92 Å². The second-order valence-corrected chi connectivity index (χ2v) is 10.0. The second kappa shape index (κ2) is 20.7. The average molecular weight is 454 g/mol. The summed E-state index contributed by atoms with van der Waals surface area (Å²) in [6.45, 7) is 6.04. The SMILES string of the molecule is CCCCCCCCCCCCCCCCCCC(C)C(C)(N)O.COS(=O)(=O)O. The van der Waals surface area contributed by atoms with Gasteiger partial charge in [0, 0.05) is 0 Å². The summed E-state index contributed by atoms with van der Waals surface area (Å²) in [5.74, 6) is 0.198. The van der Waals surface area contributed by atoms with Crippen molar-refractivity contribution in [3.05, 3.63) is 0 Å². The zero-order valence-corrected chi connectivity index (χ0v) is 21.0. The lowest BCUT2D eigenvalue weighted by atomic mass is 9.93. The van der Waals surface area contributed by atoms with Crippen LogP contribution in [-0.4, -0.2) is 30.9 Å². The second-order valence-electron chi connectivity index (χ2n) is 8.81. The smallest absolute Gasteiger partial charge is 0.376 e. The van der Waals surface area contributed by atoms with Crippen LogP contribution in [0.25, 0.3) is 0 Å². The Morgan fingerprint density at radius 3 is 1.30 bits per heavy atom. The molecule has 0 radical (unpaired) electrons. The standard InChI is InChI=1S/C22H47NO.CH4O4S/c1-4-5-6-7-8-9-10-11-12-13-14-15-16-17-18-19-20-21(2)22(3,23)24;1-5-6(2,3)4/h21,24H,4-20,23H2,1-3H3;1H3,(H,2,3,4). The van der Waals surface area contributed by atoms with Gasteiger partial charge in [-0.3, -0.25) is 8.74 Å². The summed E-state index contributed by atoms with van der Waals surface area (Å²) in [6.07, 6.45) is 23.5. The third-order valence-electron chi connectivity index (χ3n) is 5.70. The van der Waals surface area contributed by atoms with Crippen LogP contribution in [0.3, 0.4) is 0 Å². The van der Waals surface area contributed by atoms with Crippen LogP contribution in [-0.2, 0) is 14.6 Å². The van der Waals surface area contributed by atoms with Crippen LogP contribution in [0.15, 0.2) is 0 Å². The van der Waals surface area contributed by atoms with Gasteiger partial charge in [0.25, 0.3) is 0 Å². The van der Waals surface area contributed by atoms with Crippen molar-refractivity contribution in [3.8, 4) is 0 Å². The Bertz CT molecular complexity index is 449. The van der Waals surface area contributed by atoms with Crippen LogP contribution in [0.1, 0.15) is 130 Å². The van der Waals surface area contributed by atoms with Crippen molar-refractivity contribution in [2.24, 2.45) is 11.7 Å². The Balaban J connectivity index is 0. The number of rotatable bonds is 19. The van der Waals surface area contributed by atoms with Gasteiger partial charge in [-0.25, -0.2) is 0 Å². The molecule has 0 aliphatic carbocycles. The molecule has 4 N–H and O–H groups in total. The van der Waals surface area contributed by atoms with Crippen molar-refractivity contribution in [2.45, 2.75) is 136 Å². The maximum absolute atomic E-state index is 9.69. The first kappa shape index (κ1) is 32.0. The highest BCUT2D eigenvalue weighted by Gasteiger charge is 2.21. The van der Waals surface area contributed by atoms with Crippen LogP contribution in [0.2, 0.25) is 0 Å². The van der Waals surface area contributed by atoms with E-state index in [9.17, 15) is 13.5 Å². The fraction of sp³-hybridized carbons (Fsp3) is 1.00. The van der Waals surface area contributed by atoms with E-state index in [0.29, 0.717) is 0 Å². The Morgan fingerprint density at radius 2 is 1.07 bits per heavy atom. The molecule has 0 fully saturated rings. The minimum Gasteiger partial charge on any atom is -0.376 e. The monoisotopic (exact) mass is 453 g/mol. The number of hydrogen-bond acceptors (Lipinski definition) is 5. The lowest BCUT2D eigenvalue weighted by Gasteiger charge is -2.25. The molecule has 0 amide bonds. The summed E-state index contributed by atoms with van der Waals surface area (Å²) >= 11 is 0. The lowest BCUT2D eigenvalue weighted by molar-refractivity contribution is 0.00810. The number of unbranched alkanes of at least 4 members (excludes halogenated alkanes) is 15. The highest BCUT2D eigenvalue weighted by Crippen LogP contribution is 2.19. The predicted molar refractivity (Wildman–Crippen MR) is 127 cm³/mol. The summed E-state index contributed by atoms with van der Waals surface area (Å²) in [5.41, 5.74) is 4.70. The normalized spacial score (nSPS) is 14.6. The Hall–Kier alpha value is -0.210.